The van der Waals surface area contributed by atoms with Crippen LogP contribution in [0.1, 0.15) is 59.3 Å². The third kappa shape index (κ3) is 5.54. The van der Waals surface area contributed by atoms with Crippen LogP contribution in [0.15, 0.2) is 0 Å². The Hall–Kier alpha value is -0.120. The van der Waals surface area contributed by atoms with Gasteiger partial charge in [-0.2, -0.15) is 0 Å². The van der Waals surface area contributed by atoms with Crippen LogP contribution in [0.2, 0.25) is 0 Å². The zero-order valence-electron chi connectivity index (χ0n) is 14.4. The van der Waals surface area contributed by atoms with Crippen molar-refractivity contribution in [2.45, 2.75) is 71.4 Å². The Labute approximate surface area is 131 Å². The Morgan fingerprint density at radius 1 is 1.19 bits per heavy atom. The fourth-order valence-corrected chi connectivity index (χ4v) is 4.21. The molecule has 0 spiro atoms. The van der Waals surface area contributed by atoms with Gasteiger partial charge in [-0.3, -0.25) is 0 Å². The molecule has 1 aliphatic carbocycles. The number of aliphatic hydroxyl groups is 1. The van der Waals surface area contributed by atoms with E-state index in [1.807, 2.05) is 0 Å². The van der Waals surface area contributed by atoms with E-state index in [2.05, 4.69) is 31.0 Å². The molecule has 1 saturated heterocycles. The largest absolute Gasteiger partial charge is 0.393 e. The highest BCUT2D eigenvalue weighted by Crippen LogP contribution is 2.26. The van der Waals surface area contributed by atoms with Crippen molar-refractivity contribution < 1.29 is 5.11 Å². The molecule has 2 fully saturated rings. The molecule has 3 unspecified atom stereocenters. The SMILES string of the molecule is CCC(O)C1CC(NCC2CCCC2)CN(CC(C)C)C1. The molecule has 3 nitrogen and oxygen atoms in total. The Balaban J connectivity index is 1.85. The fraction of sp³-hybridized carbons (Fsp3) is 1.00. The molecular formula is C18H36N2O. The van der Waals surface area contributed by atoms with Gasteiger partial charge in [-0.1, -0.05) is 33.6 Å². The van der Waals surface area contributed by atoms with Crippen LogP contribution in [-0.2, 0) is 0 Å². The van der Waals surface area contributed by atoms with E-state index in [4.69, 9.17) is 0 Å². The number of hydrogen-bond donors (Lipinski definition) is 2. The second-order valence-electron chi connectivity index (χ2n) is 7.84. The van der Waals surface area contributed by atoms with Gasteiger partial charge < -0.3 is 15.3 Å². The second kappa shape index (κ2) is 8.50. The van der Waals surface area contributed by atoms with Crippen molar-refractivity contribution in [3.63, 3.8) is 0 Å². The normalized spacial score (nSPS) is 30.1. The summed E-state index contributed by atoms with van der Waals surface area (Å²) in [5, 5.41) is 14.1. The smallest absolute Gasteiger partial charge is 0.0578 e. The van der Waals surface area contributed by atoms with Crippen LogP contribution in [-0.4, -0.2) is 48.3 Å². The van der Waals surface area contributed by atoms with Crippen molar-refractivity contribution in [1.29, 1.82) is 0 Å². The zero-order valence-corrected chi connectivity index (χ0v) is 14.4. The first kappa shape index (κ1) is 17.2. The molecule has 0 aromatic rings. The molecule has 2 N–H and O–H groups in total. The molecule has 0 radical (unpaired) electrons. The maximum atomic E-state index is 10.3. The van der Waals surface area contributed by atoms with Gasteiger partial charge in [0, 0.05) is 25.7 Å². The summed E-state index contributed by atoms with van der Waals surface area (Å²) in [5.41, 5.74) is 0. The number of hydrogen-bond acceptors (Lipinski definition) is 3. The number of likely N-dealkylation sites (tertiary alicyclic amines) is 1. The van der Waals surface area contributed by atoms with E-state index in [1.54, 1.807) is 0 Å². The number of rotatable bonds is 7. The first-order valence-electron chi connectivity index (χ1n) is 9.22. The Bertz CT molecular complexity index is 289. The molecule has 3 heteroatoms. The maximum Gasteiger partial charge on any atom is 0.0578 e. The monoisotopic (exact) mass is 296 g/mol. The summed E-state index contributed by atoms with van der Waals surface area (Å²) in [7, 11) is 0. The highest BCUT2D eigenvalue weighted by Gasteiger charge is 2.31. The third-order valence-electron chi connectivity index (χ3n) is 5.31. The van der Waals surface area contributed by atoms with E-state index in [-0.39, 0.29) is 6.10 Å². The number of piperidine rings is 1. The summed E-state index contributed by atoms with van der Waals surface area (Å²) in [6, 6.07) is 0.573. The van der Waals surface area contributed by atoms with Crippen LogP contribution in [0.3, 0.4) is 0 Å². The summed E-state index contributed by atoms with van der Waals surface area (Å²) < 4.78 is 0. The van der Waals surface area contributed by atoms with Gasteiger partial charge >= 0.3 is 0 Å². The lowest BCUT2D eigenvalue weighted by atomic mass is 9.87. The van der Waals surface area contributed by atoms with Gasteiger partial charge in [-0.25, -0.2) is 0 Å². The van der Waals surface area contributed by atoms with Crippen molar-refractivity contribution in [3.8, 4) is 0 Å². The molecule has 0 aromatic carbocycles. The summed E-state index contributed by atoms with van der Waals surface area (Å²) in [5.74, 6) is 2.06. The Morgan fingerprint density at radius 3 is 2.52 bits per heavy atom. The van der Waals surface area contributed by atoms with Crippen molar-refractivity contribution in [2.75, 3.05) is 26.2 Å². The van der Waals surface area contributed by atoms with Gasteiger partial charge in [0.25, 0.3) is 0 Å². The number of nitrogens with zero attached hydrogens (tertiary/aromatic N) is 1. The highest BCUT2D eigenvalue weighted by atomic mass is 16.3. The molecule has 2 aliphatic rings. The fourth-order valence-electron chi connectivity index (χ4n) is 4.21. The van der Waals surface area contributed by atoms with E-state index in [1.165, 1.54) is 32.2 Å². The molecule has 3 atom stereocenters. The topological polar surface area (TPSA) is 35.5 Å². The van der Waals surface area contributed by atoms with Crippen LogP contribution in [0.4, 0.5) is 0 Å². The van der Waals surface area contributed by atoms with Gasteiger partial charge in [0.05, 0.1) is 6.10 Å². The lowest BCUT2D eigenvalue weighted by Crippen LogP contribution is -2.53. The quantitative estimate of drug-likeness (QED) is 0.758. The summed E-state index contributed by atoms with van der Waals surface area (Å²) in [6.07, 6.45) is 7.58. The van der Waals surface area contributed by atoms with E-state index < -0.39 is 0 Å². The Morgan fingerprint density at radius 2 is 1.90 bits per heavy atom. The number of nitrogens with one attached hydrogen (secondary N) is 1. The molecule has 0 aromatic heterocycles. The van der Waals surface area contributed by atoms with E-state index >= 15 is 0 Å². The molecule has 1 heterocycles. The first-order valence-corrected chi connectivity index (χ1v) is 9.22. The number of aliphatic hydroxyl groups excluding tert-OH is 1. The molecular weight excluding hydrogens is 260 g/mol. The zero-order chi connectivity index (χ0) is 15.2. The minimum atomic E-state index is -0.129. The molecule has 0 amide bonds. The third-order valence-corrected chi connectivity index (χ3v) is 5.31. The van der Waals surface area contributed by atoms with Crippen molar-refractivity contribution >= 4 is 0 Å². The minimum absolute atomic E-state index is 0.129. The van der Waals surface area contributed by atoms with E-state index in [9.17, 15) is 5.11 Å². The van der Waals surface area contributed by atoms with Crippen LogP contribution >= 0.6 is 0 Å². The van der Waals surface area contributed by atoms with Crippen LogP contribution in [0.5, 0.6) is 0 Å². The standard InChI is InChI=1S/C18H36N2O/c1-4-18(21)16-9-17(13-20(12-16)11-14(2)3)19-10-15-7-5-6-8-15/h14-19,21H,4-13H2,1-3H3. The van der Waals surface area contributed by atoms with Crippen molar-refractivity contribution in [2.24, 2.45) is 17.8 Å². The van der Waals surface area contributed by atoms with Crippen LogP contribution < -0.4 is 5.32 Å². The molecule has 124 valence electrons. The summed E-state index contributed by atoms with van der Waals surface area (Å²) in [4.78, 5) is 2.57. The van der Waals surface area contributed by atoms with Gasteiger partial charge in [0.2, 0.25) is 0 Å². The maximum absolute atomic E-state index is 10.3. The summed E-state index contributed by atoms with van der Waals surface area (Å²) >= 11 is 0. The van der Waals surface area contributed by atoms with Gasteiger partial charge in [0.15, 0.2) is 0 Å². The second-order valence-corrected chi connectivity index (χ2v) is 7.84. The molecule has 1 aliphatic heterocycles. The lowest BCUT2D eigenvalue weighted by Gasteiger charge is -2.41. The predicted octanol–water partition coefficient (Wildman–Crippen LogP) is 2.88. The van der Waals surface area contributed by atoms with Crippen molar-refractivity contribution in [1.82, 2.24) is 10.2 Å². The van der Waals surface area contributed by atoms with E-state index in [0.29, 0.717) is 17.9 Å². The first-order chi connectivity index (χ1) is 10.1. The van der Waals surface area contributed by atoms with Gasteiger partial charge in [-0.15, -0.1) is 0 Å². The minimum Gasteiger partial charge on any atom is -0.393 e. The van der Waals surface area contributed by atoms with Crippen molar-refractivity contribution in [3.05, 3.63) is 0 Å². The molecule has 2 rings (SSSR count). The lowest BCUT2D eigenvalue weighted by molar-refractivity contribution is 0.0312. The molecule has 21 heavy (non-hydrogen) atoms. The van der Waals surface area contributed by atoms with Gasteiger partial charge in [-0.05, 0) is 50.0 Å². The van der Waals surface area contributed by atoms with Crippen LogP contribution in [0.25, 0.3) is 0 Å². The molecule has 1 saturated carbocycles. The highest BCUT2D eigenvalue weighted by molar-refractivity contribution is 4.87. The average Bonchev–Trinajstić information content (AvgIpc) is 2.96. The van der Waals surface area contributed by atoms with Gasteiger partial charge in [0.1, 0.15) is 0 Å². The summed E-state index contributed by atoms with van der Waals surface area (Å²) in [6.45, 7) is 11.3. The molecule has 0 bridgehead atoms. The van der Waals surface area contributed by atoms with Crippen LogP contribution in [0, 0.1) is 17.8 Å². The predicted molar refractivity (Wildman–Crippen MR) is 89.4 cm³/mol. The average molecular weight is 296 g/mol. The van der Waals surface area contributed by atoms with E-state index in [0.717, 1.165) is 38.4 Å². The Kier molecular flexibility index (Phi) is 6.97.